The third-order valence-corrected chi connectivity index (χ3v) is 7.86. The molecule has 0 radical (unpaired) electrons. The lowest BCUT2D eigenvalue weighted by molar-refractivity contribution is 0.0531. The summed E-state index contributed by atoms with van der Waals surface area (Å²) in [5.74, 6) is 1.15. The maximum Gasteiger partial charge on any atom is 0.348 e. The fourth-order valence-electron chi connectivity index (χ4n) is 3.06. The zero-order valence-electron chi connectivity index (χ0n) is 16.4. The second-order valence-corrected chi connectivity index (χ2v) is 9.58. The normalized spacial score (nSPS) is 11.4. The van der Waals surface area contributed by atoms with E-state index in [1.54, 1.807) is 36.3 Å². The van der Waals surface area contributed by atoms with Gasteiger partial charge in [-0.1, -0.05) is 11.8 Å². The zero-order chi connectivity index (χ0) is 20.7. The highest BCUT2D eigenvalue weighted by Gasteiger charge is 2.21. The van der Waals surface area contributed by atoms with Gasteiger partial charge in [0.25, 0.3) is 0 Å². The number of fused-ring (bicyclic) bond motifs is 2. The molecule has 0 saturated carbocycles. The van der Waals surface area contributed by atoms with Crippen LogP contribution in [0.25, 0.3) is 20.4 Å². The number of anilines is 1. The van der Waals surface area contributed by atoms with E-state index < -0.39 is 0 Å². The molecule has 2 N–H and O–H groups in total. The molecular weight excluding hydrogens is 426 g/mol. The Hall–Kier alpha value is -2.30. The van der Waals surface area contributed by atoms with Gasteiger partial charge in [-0.25, -0.2) is 24.7 Å². The lowest BCUT2D eigenvalue weighted by Gasteiger charge is -2.05. The standard InChI is InChI=1S/C19H19N5O2S3/c1-5-26-19(25)14-9(3)12-15(20)23-11(24-18(12)29-14)6-27-16-13-8(2)10(4)28-17(13)22-7-21-16/h7H,5-6H2,1-4H3,(H2,20,23,24). The van der Waals surface area contributed by atoms with Crippen molar-refractivity contribution < 1.29 is 9.53 Å². The third-order valence-electron chi connectivity index (χ3n) is 4.59. The van der Waals surface area contributed by atoms with E-state index in [2.05, 4.69) is 33.8 Å². The molecule has 0 spiro atoms. The summed E-state index contributed by atoms with van der Waals surface area (Å²) in [7, 11) is 0. The Morgan fingerprint density at radius 1 is 1.10 bits per heavy atom. The number of thioether (sulfide) groups is 1. The van der Waals surface area contributed by atoms with Gasteiger partial charge in [0, 0.05) is 10.3 Å². The van der Waals surface area contributed by atoms with Crippen molar-refractivity contribution in [2.45, 2.75) is 38.5 Å². The molecule has 4 aromatic heterocycles. The van der Waals surface area contributed by atoms with Crippen molar-refractivity contribution in [3.05, 3.63) is 33.0 Å². The molecule has 0 fully saturated rings. The number of hydrogen-bond donors (Lipinski definition) is 1. The van der Waals surface area contributed by atoms with E-state index in [-0.39, 0.29) is 5.97 Å². The molecular formula is C19H19N5O2S3. The minimum atomic E-state index is -0.352. The average molecular weight is 446 g/mol. The number of nitrogen functional groups attached to an aromatic ring is 1. The van der Waals surface area contributed by atoms with Crippen LogP contribution in [0, 0.1) is 20.8 Å². The van der Waals surface area contributed by atoms with Crippen LogP contribution in [0.2, 0.25) is 0 Å². The number of ether oxygens (including phenoxy) is 1. The summed E-state index contributed by atoms with van der Waals surface area (Å²) in [4.78, 5) is 33.6. The van der Waals surface area contributed by atoms with E-state index in [0.29, 0.717) is 33.7 Å². The maximum absolute atomic E-state index is 12.2. The van der Waals surface area contributed by atoms with Crippen molar-refractivity contribution >= 4 is 66.7 Å². The second-order valence-electron chi connectivity index (χ2n) is 6.41. The van der Waals surface area contributed by atoms with Crippen LogP contribution in [0.4, 0.5) is 5.82 Å². The van der Waals surface area contributed by atoms with Gasteiger partial charge in [-0.2, -0.15) is 0 Å². The predicted octanol–water partition coefficient (Wildman–Crippen LogP) is 4.67. The van der Waals surface area contributed by atoms with Crippen LogP contribution in [-0.2, 0) is 10.5 Å². The molecule has 4 aromatic rings. The summed E-state index contributed by atoms with van der Waals surface area (Å²) in [6.45, 7) is 8.13. The highest BCUT2D eigenvalue weighted by atomic mass is 32.2. The van der Waals surface area contributed by atoms with E-state index in [9.17, 15) is 4.79 Å². The molecule has 7 nitrogen and oxygen atoms in total. The zero-order valence-corrected chi connectivity index (χ0v) is 18.8. The van der Waals surface area contributed by atoms with E-state index >= 15 is 0 Å². The van der Waals surface area contributed by atoms with Gasteiger partial charge < -0.3 is 10.5 Å². The Bertz CT molecular complexity index is 1250. The maximum atomic E-state index is 12.2. The Morgan fingerprint density at radius 3 is 2.66 bits per heavy atom. The van der Waals surface area contributed by atoms with Crippen LogP contribution < -0.4 is 5.73 Å². The van der Waals surface area contributed by atoms with Gasteiger partial charge in [-0.15, -0.1) is 22.7 Å². The minimum Gasteiger partial charge on any atom is -0.462 e. The molecule has 0 atom stereocenters. The highest BCUT2D eigenvalue weighted by Crippen LogP contribution is 2.37. The number of aryl methyl sites for hydroxylation is 3. The quantitative estimate of drug-likeness (QED) is 0.268. The summed E-state index contributed by atoms with van der Waals surface area (Å²) in [6.07, 6.45) is 1.59. The van der Waals surface area contributed by atoms with Gasteiger partial charge in [-0.3, -0.25) is 0 Å². The first-order chi connectivity index (χ1) is 13.9. The molecule has 29 heavy (non-hydrogen) atoms. The molecule has 0 unspecified atom stereocenters. The molecule has 0 aromatic carbocycles. The van der Waals surface area contributed by atoms with Gasteiger partial charge >= 0.3 is 5.97 Å². The number of aromatic nitrogens is 4. The molecule has 0 bridgehead atoms. The van der Waals surface area contributed by atoms with Crippen LogP contribution in [0.3, 0.4) is 0 Å². The average Bonchev–Trinajstić information content (AvgIpc) is 3.17. The first kappa shape index (κ1) is 20.0. The molecule has 0 aliphatic rings. The van der Waals surface area contributed by atoms with Crippen molar-refractivity contribution in [3.63, 3.8) is 0 Å². The van der Waals surface area contributed by atoms with E-state index in [0.717, 1.165) is 26.2 Å². The molecule has 4 rings (SSSR count). The summed E-state index contributed by atoms with van der Waals surface area (Å²) in [6, 6.07) is 0. The Kier molecular flexibility index (Phi) is 5.41. The van der Waals surface area contributed by atoms with Gasteiger partial charge in [-0.05, 0) is 38.8 Å². The van der Waals surface area contributed by atoms with Crippen molar-refractivity contribution in [1.29, 1.82) is 0 Å². The molecule has 0 aliphatic heterocycles. The number of nitrogens with two attached hydrogens (primary N) is 1. The fraction of sp³-hybridized carbons (Fsp3) is 0.316. The Morgan fingerprint density at radius 2 is 1.90 bits per heavy atom. The summed E-state index contributed by atoms with van der Waals surface area (Å²) < 4.78 is 5.13. The summed E-state index contributed by atoms with van der Waals surface area (Å²) >= 11 is 4.52. The Balaban J connectivity index is 1.67. The lowest BCUT2D eigenvalue weighted by Crippen LogP contribution is -2.04. The van der Waals surface area contributed by atoms with Crippen LogP contribution in [0.5, 0.6) is 0 Å². The first-order valence-corrected chi connectivity index (χ1v) is 11.6. The Labute approximate surface area is 179 Å². The number of thiophene rings is 2. The van der Waals surface area contributed by atoms with Crippen molar-refractivity contribution in [3.8, 4) is 0 Å². The molecule has 0 aliphatic carbocycles. The second kappa shape index (κ2) is 7.85. The monoisotopic (exact) mass is 445 g/mol. The number of carbonyl (C=O) groups is 1. The van der Waals surface area contributed by atoms with Gasteiger partial charge in [0.2, 0.25) is 0 Å². The van der Waals surface area contributed by atoms with Gasteiger partial charge in [0.15, 0.2) is 0 Å². The largest absolute Gasteiger partial charge is 0.462 e. The molecule has 4 heterocycles. The SMILES string of the molecule is CCOC(=O)c1sc2nc(CSc3ncnc4sc(C)c(C)c34)nc(N)c2c1C. The first-order valence-electron chi connectivity index (χ1n) is 8.96. The van der Waals surface area contributed by atoms with E-state index in [4.69, 9.17) is 10.5 Å². The van der Waals surface area contributed by atoms with Gasteiger partial charge in [0.05, 0.1) is 17.7 Å². The molecule has 150 valence electrons. The smallest absolute Gasteiger partial charge is 0.348 e. The van der Waals surface area contributed by atoms with Crippen LogP contribution in [-0.4, -0.2) is 32.5 Å². The lowest BCUT2D eigenvalue weighted by atomic mass is 10.2. The van der Waals surface area contributed by atoms with E-state index in [1.807, 2.05) is 6.92 Å². The molecule has 10 heteroatoms. The van der Waals surface area contributed by atoms with Crippen molar-refractivity contribution in [1.82, 2.24) is 19.9 Å². The third kappa shape index (κ3) is 3.56. The summed E-state index contributed by atoms with van der Waals surface area (Å²) in [5, 5.41) is 2.72. The number of rotatable bonds is 5. The number of carbonyl (C=O) groups excluding carboxylic acids is 1. The minimum absolute atomic E-state index is 0.324. The van der Waals surface area contributed by atoms with Gasteiger partial charge in [0.1, 0.15) is 37.5 Å². The topological polar surface area (TPSA) is 104 Å². The predicted molar refractivity (Wildman–Crippen MR) is 119 cm³/mol. The molecule has 0 saturated heterocycles. The number of hydrogen-bond acceptors (Lipinski definition) is 10. The summed E-state index contributed by atoms with van der Waals surface area (Å²) in [5.41, 5.74) is 8.17. The van der Waals surface area contributed by atoms with Crippen LogP contribution >= 0.6 is 34.4 Å². The number of nitrogens with zero attached hydrogens (tertiary/aromatic N) is 4. The molecule has 0 amide bonds. The van der Waals surface area contributed by atoms with Crippen molar-refractivity contribution in [2.75, 3.05) is 12.3 Å². The number of esters is 1. The van der Waals surface area contributed by atoms with E-state index in [1.165, 1.54) is 21.8 Å². The highest BCUT2D eigenvalue weighted by molar-refractivity contribution is 7.98. The fourth-order valence-corrected chi connectivity index (χ4v) is 6.14. The van der Waals surface area contributed by atoms with Crippen LogP contribution in [0.1, 0.15) is 38.4 Å². The van der Waals surface area contributed by atoms with Crippen LogP contribution in [0.15, 0.2) is 11.4 Å². The van der Waals surface area contributed by atoms with Crippen molar-refractivity contribution in [2.24, 2.45) is 0 Å².